The second kappa shape index (κ2) is 5.31. The van der Waals surface area contributed by atoms with Crippen molar-refractivity contribution in [3.63, 3.8) is 0 Å². The number of halogens is 3. The minimum absolute atomic E-state index is 0.0813. The zero-order chi connectivity index (χ0) is 14.2. The maximum Gasteiger partial charge on any atom is 0.391 e. The highest BCUT2D eigenvalue weighted by molar-refractivity contribution is 5.71. The number of carboxylic acids is 1. The summed E-state index contributed by atoms with van der Waals surface area (Å²) in [5.74, 6) is -2.25. The maximum absolute atomic E-state index is 12.6. The summed E-state index contributed by atoms with van der Waals surface area (Å²) in [6, 6.07) is 0.130. The number of carbonyl (C=O) groups is 1. The Hall–Kier alpha value is -0.780. The van der Waals surface area contributed by atoms with Gasteiger partial charge in [-0.1, -0.05) is 6.92 Å². The van der Waals surface area contributed by atoms with Crippen molar-refractivity contribution in [1.29, 1.82) is 0 Å². The first-order chi connectivity index (χ1) is 8.79. The Kier molecular flexibility index (Phi) is 4.08. The van der Waals surface area contributed by atoms with Crippen molar-refractivity contribution >= 4 is 5.97 Å². The lowest BCUT2D eigenvalue weighted by Gasteiger charge is -2.35. The second-order valence-corrected chi connectivity index (χ2v) is 5.92. The largest absolute Gasteiger partial charge is 0.481 e. The quantitative estimate of drug-likeness (QED) is 0.845. The number of aliphatic carboxylic acids is 1. The molecule has 110 valence electrons. The molecule has 1 N–H and O–H groups in total. The van der Waals surface area contributed by atoms with Crippen molar-refractivity contribution in [3.05, 3.63) is 0 Å². The van der Waals surface area contributed by atoms with Crippen LogP contribution in [0.2, 0.25) is 0 Å². The van der Waals surface area contributed by atoms with E-state index in [1.165, 1.54) is 0 Å². The van der Waals surface area contributed by atoms with Crippen LogP contribution in [-0.4, -0.2) is 41.3 Å². The molecule has 0 aromatic carbocycles. The van der Waals surface area contributed by atoms with Gasteiger partial charge in [0.2, 0.25) is 0 Å². The van der Waals surface area contributed by atoms with Gasteiger partial charge in [0.1, 0.15) is 0 Å². The average Bonchev–Trinajstić information content (AvgIpc) is 2.70. The van der Waals surface area contributed by atoms with Crippen molar-refractivity contribution in [2.75, 3.05) is 13.1 Å². The van der Waals surface area contributed by atoms with E-state index in [9.17, 15) is 18.0 Å². The number of hydrogen-bond donors (Lipinski definition) is 1. The molecule has 0 spiro atoms. The molecule has 2 rings (SSSR count). The highest BCUT2D eigenvalue weighted by Crippen LogP contribution is 2.40. The minimum atomic E-state index is -4.08. The van der Waals surface area contributed by atoms with Crippen LogP contribution in [0.3, 0.4) is 0 Å². The molecule has 1 aliphatic heterocycles. The molecule has 3 nitrogen and oxygen atoms in total. The first kappa shape index (κ1) is 14.6. The van der Waals surface area contributed by atoms with Crippen molar-refractivity contribution in [2.45, 2.75) is 44.8 Å². The molecule has 2 atom stereocenters. The zero-order valence-corrected chi connectivity index (χ0v) is 11.0. The van der Waals surface area contributed by atoms with Gasteiger partial charge >= 0.3 is 12.1 Å². The third-order valence-corrected chi connectivity index (χ3v) is 4.63. The molecule has 0 bridgehead atoms. The molecule has 0 amide bonds. The van der Waals surface area contributed by atoms with Gasteiger partial charge in [0.25, 0.3) is 0 Å². The summed E-state index contributed by atoms with van der Waals surface area (Å²) in [5.41, 5.74) is 0. The third kappa shape index (κ3) is 3.22. The summed E-state index contributed by atoms with van der Waals surface area (Å²) in [6.45, 7) is 3.08. The van der Waals surface area contributed by atoms with Crippen LogP contribution in [0.1, 0.15) is 32.6 Å². The Bertz CT molecular complexity index is 337. The molecule has 0 radical (unpaired) electrons. The van der Waals surface area contributed by atoms with Gasteiger partial charge in [-0.15, -0.1) is 0 Å². The summed E-state index contributed by atoms with van der Waals surface area (Å²) in [4.78, 5) is 13.1. The van der Waals surface area contributed by atoms with Crippen molar-refractivity contribution in [1.82, 2.24) is 4.90 Å². The van der Waals surface area contributed by atoms with Gasteiger partial charge in [0, 0.05) is 19.1 Å². The van der Waals surface area contributed by atoms with Gasteiger partial charge in [-0.3, -0.25) is 9.69 Å². The predicted octanol–water partition coefficient (Wildman–Crippen LogP) is 2.76. The first-order valence-electron chi connectivity index (χ1n) is 6.82. The molecule has 6 heteroatoms. The Balaban J connectivity index is 1.88. The van der Waals surface area contributed by atoms with Gasteiger partial charge < -0.3 is 5.11 Å². The van der Waals surface area contributed by atoms with Crippen LogP contribution in [0.5, 0.6) is 0 Å². The zero-order valence-electron chi connectivity index (χ0n) is 11.0. The summed E-state index contributed by atoms with van der Waals surface area (Å²) in [6.07, 6.45) is -2.66. The fourth-order valence-corrected chi connectivity index (χ4v) is 3.39. The van der Waals surface area contributed by atoms with Crippen LogP contribution in [0.4, 0.5) is 13.2 Å². The fraction of sp³-hybridized carbons (Fsp3) is 0.923. The molecular formula is C13H20F3NO2. The average molecular weight is 279 g/mol. The van der Waals surface area contributed by atoms with E-state index in [1.54, 1.807) is 0 Å². The number of alkyl halides is 3. The van der Waals surface area contributed by atoms with Gasteiger partial charge in [-0.25, -0.2) is 0 Å². The molecule has 2 aliphatic rings. The van der Waals surface area contributed by atoms with E-state index in [1.807, 2.05) is 6.92 Å². The third-order valence-electron chi connectivity index (χ3n) is 4.63. The van der Waals surface area contributed by atoms with E-state index in [0.29, 0.717) is 25.9 Å². The SMILES string of the molecule is CC1CN(C2CCC(C(F)(F)F)CC2)CC1C(=O)O. The number of rotatable bonds is 2. The molecule has 1 saturated carbocycles. The Morgan fingerprint density at radius 2 is 1.74 bits per heavy atom. The Labute approximate surface area is 110 Å². The van der Waals surface area contributed by atoms with Crippen LogP contribution >= 0.6 is 0 Å². The molecule has 19 heavy (non-hydrogen) atoms. The molecule has 1 aliphatic carbocycles. The Morgan fingerprint density at radius 3 is 2.16 bits per heavy atom. The van der Waals surface area contributed by atoms with Crippen molar-refractivity contribution < 1.29 is 23.1 Å². The predicted molar refractivity (Wildman–Crippen MR) is 63.7 cm³/mol. The van der Waals surface area contributed by atoms with Gasteiger partial charge in [-0.05, 0) is 31.6 Å². The highest BCUT2D eigenvalue weighted by Gasteiger charge is 2.44. The molecule has 0 aromatic heterocycles. The van der Waals surface area contributed by atoms with E-state index >= 15 is 0 Å². The van der Waals surface area contributed by atoms with Crippen molar-refractivity contribution in [2.24, 2.45) is 17.8 Å². The fourth-order valence-electron chi connectivity index (χ4n) is 3.39. The smallest absolute Gasteiger partial charge is 0.391 e. The number of hydrogen-bond acceptors (Lipinski definition) is 2. The van der Waals surface area contributed by atoms with Crippen molar-refractivity contribution in [3.8, 4) is 0 Å². The number of nitrogens with zero attached hydrogens (tertiary/aromatic N) is 1. The lowest BCUT2D eigenvalue weighted by molar-refractivity contribution is -0.184. The molecule has 2 fully saturated rings. The Morgan fingerprint density at radius 1 is 1.16 bits per heavy atom. The summed E-state index contributed by atoms with van der Waals surface area (Å²) < 4.78 is 37.8. The molecule has 1 saturated heterocycles. The maximum atomic E-state index is 12.6. The monoisotopic (exact) mass is 279 g/mol. The molecule has 1 heterocycles. The molecular weight excluding hydrogens is 259 g/mol. The van der Waals surface area contributed by atoms with Gasteiger partial charge in [-0.2, -0.15) is 13.2 Å². The van der Waals surface area contributed by atoms with E-state index in [4.69, 9.17) is 5.11 Å². The second-order valence-electron chi connectivity index (χ2n) is 5.92. The number of likely N-dealkylation sites (tertiary alicyclic amines) is 1. The highest BCUT2D eigenvalue weighted by atomic mass is 19.4. The topological polar surface area (TPSA) is 40.5 Å². The minimum Gasteiger partial charge on any atom is -0.481 e. The van der Waals surface area contributed by atoms with E-state index in [0.717, 1.165) is 0 Å². The normalized spacial score (nSPS) is 37.5. The lowest BCUT2D eigenvalue weighted by atomic mass is 9.85. The number of carboxylic acid groups (broad SMARTS) is 1. The summed E-state index contributed by atoms with van der Waals surface area (Å²) in [7, 11) is 0. The van der Waals surface area contributed by atoms with Crippen LogP contribution in [-0.2, 0) is 4.79 Å². The van der Waals surface area contributed by atoms with E-state index < -0.39 is 18.1 Å². The van der Waals surface area contributed by atoms with E-state index in [2.05, 4.69) is 4.90 Å². The van der Waals surface area contributed by atoms with Crippen LogP contribution in [0, 0.1) is 17.8 Å². The molecule has 2 unspecified atom stereocenters. The first-order valence-corrected chi connectivity index (χ1v) is 6.82. The van der Waals surface area contributed by atoms with Gasteiger partial charge in [0.05, 0.1) is 11.8 Å². The van der Waals surface area contributed by atoms with Crippen LogP contribution in [0.25, 0.3) is 0 Å². The summed E-state index contributed by atoms with van der Waals surface area (Å²) >= 11 is 0. The molecule has 0 aromatic rings. The lowest BCUT2D eigenvalue weighted by Crippen LogP contribution is -2.39. The standard InChI is InChI=1S/C13H20F3NO2/c1-8-6-17(7-11(8)12(18)19)10-4-2-9(3-5-10)13(14,15)16/h8-11H,2-7H2,1H3,(H,18,19). The van der Waals surface area contributed by atoms with Crippen LogP contribution in [0.15, 0.2) is 0 Å². The van der Waals surface area contributed by atoms with Gasteiger partial charge in [0.15, 0.2) is 0 Å². The summed E-state index contributed by atoms with van der Waals surface area (Å²) in [5, 5.41) is 9.07. The van der Waals surface area contributed by atoms with Crippen LogP contribution < -0.4 is 0 Å². The van der Waals surface area contributed by atoms with E-state index in [-0.39, 0.29) is 30.7 Å².